The van der Waals surface area contributed by atoms with Crippen LogP contribution in [-0.2, 0) is 24.4 Å². The second kappa shape index (κ2) is 18.5. The fraction of sp³-hybridized carbons (Fsp3) is 0.447. The van der Waals surface area contributed by atoms with Gasteiger partial charge in [0.1, 0.15) is 28.5 Å². The SMILES string of the molecule is CCCCC1(CCCC)CN(c2ccccc2)c2cc(SC)c(OCC(=O)N[C@@H](C(=O)N[C@@H](CCC)C(=O)O)c3ccccc3O)cc2S(=O)(=O)N1. The number of phenols is 1. The van der Waals surface area contributed by atoms with Crippen molar-refractivity contribution >= 4 is 50.9 Å². The number of phenolic OH excluding ortho intramolecular Hbond substituents is 1. The van der Waals surface area contributed by atoms with Gasteiger partial charge in [-0.2, -0.15) is 0 Å². The number of carbonyl (C=O) groups excluding carboxylic acids is 2. The van der Waals surface area contributed by atoms with Crippen molar-refractivity contribution in [2.24, 2.45) is 0 Å². The smallest absolute Gasteiger partial charge is 0.326 e. The van der Waals surface area contributed by atoms with Gasteiger partial charge in [0.15, 0.2) is 6.61 Å². The van der Waals surface area contributed by atoms with E-state index >= 15 is 0 Å². The molecule has 1 aliphatic heterocycles. The van der Waals surface area contributed by atoms with Crippen molar-refractivity contribution < 1.29 is 37.8 Å². The number of benzene rings is 3. The zero-order valence-electron chi connectivity index (χ0n) is 30.2. The average Bonchev–Trinajstić information content (AvgIpc) is 3.22. The Morgan fingerprint density at radius 3 is 2.21 bits per heavy atom. The van der Waals surface area contributed by atoms with E-state index in [-0.39, 0.29) is 28.4 Å². The van der Waals surface area contributed by atoms with Gasteiger partial charge in [0.05, 0.1) is 16.1 Å². The minimum absolute atomic E-state index is 0.0153. The van der Waals surface area contributed by atoms with Crippen LogP contribution in [0.4, 0.5) is 11.4 Å². The van der Waals surface area contributed by atoms with Crippen LogP contribution in [-0.4, -0.2) is 67.4 Å². The summed E-state index contributed by atoms with van der Waals surface area (Å²) in [6, 6.07) is 16.2. The van der Waals surface area contributed by atoms with Crippen LogP contribution in [0, 0.1) is 0 Å². The first-order chi connectivity index (χ1) is 24.9. The summed E-state index contributed by atoms with van der Waals surface area (Å²) in [6.45, 7) is 5.78. The van der Waals surface area contributed by atoms with Gasteiger partial charge >= 0.3 is 5.97 Å². The molecule has 0 spiro atoms. The van der Waals surface area contributed by atoms with E-state index in [0.717, 1.165) is 31.4 Å². The fourth-order valence-corrected chi connectivity index (χ4v) is 8.61. The molecule has 0 unspecified atom stereocenters. The number of aliphatic carboxylic acids is 1. The molecule has 0 radical (unpaired) electrons. The second-order valence-corrected chi connectivity index (χ2v) is 15.5. The third-order valence-electron chi connectivity index (χ3n) is 9.09. The zero-order valence-corrected chi connectivity index (χ0v) is 31.8. The van der Waals surface area contributed by atoms with E-state index in [1.807, 2.05) is 41.5 Å². The lowest BCUT2D eigenvalue weighted by atomic mass is 9.87. The number of para-hydroxylation sites is 2. The molecule has 0 fully saturated rings. The average molecular weight is 755 g/mol. The molecule has 0 aliphatic carbocycles. The minimum atomic E-state index is -4.08. The minimum Gasteiger partial charge on any atom is -0.508 e. The Morgan fingerprint density at radius 2 is 1.62 bits per heavy atom. The molecule has 0 saturated carbocycles. The number of fused-ring (bicyclic) bond motifs is 1. The van der Waals surface area contributed by atoms with E-state index in [4.69, 9.17) is 4.74 Å². The predicted octanol–water partition coefficient (Wildman–Crippen LogP) is 6.27. The molecule has 1 aliphatic rings. The van der Waals surface area contributed by atoms with E-state index in [9.17, 15) is 33.0 Å². The number of anilines is 2. The van der Waals surface area contributed by atoms with Crippen LogP contribution < -0.4 is 25.0 Å². The van der Waals surface area contributed by atoms with E-state index in [2.05, 4.69) is 29.2 Å². The highest BCUT2D eigenvalue weighted by molar-refractivity contribution is 7.98. The second-order valence-electron chi connectivity index (χ2n) is 13.0. The number of nitrogens with one attached hydrogen (secondary N) is 3. The lowest BCUT2D eigenvalue weighted by Crippen LogP contribution is -2.53. The number of carbonyl (C=O) groups is 3. The number of hydrogen-bond acceptors (Lipinski definition) is 9. The fourth-order valence-electron chi connectivity index (χ4n) is 6.41. The lowest BCUT2D eigenvalue weighted by molar-refractivity contribution is -0.142. The van der Waals surface area contributed by atoms with Gasteiger partial charge in [0.2, 0.25) is 15.9 Å². The zero-order chi connectivity index (χ0) is 37.9. The molecular formula is C38H50N4O8S2. The van der Waals surface area contributed by atoms with Crippen LogP contribution in [0.1, 0.15) is 83.7 Å². The highest BCUT2D eigenvalue weighted by Gasteiger charge is 2.42. The van der Waals surface area contributed by atoms with Crippen molar-refractivity contribution in [3.05, 3.63) is 72.3 Å². The molecule has 3 aromatic carbocycles. The van der Waals surface area contributed by atoms with Crippen LogP contribution in [0.3, 0.4) is 0 Å². The molecule has 5 N–H and O–H groups in total. The summed E-state index contributed by atoms with van der Waals surface area (Å²) in [5.41, 5.74) is 0.676. The first-order valence-corrected chi connectivity index (χ1v) is 20.4. The molecule has 3 aromatic rings. The third kappa shape index (κ3) is 9.98. The summed E-state index contributed by atoms with van der Waals surface area (Å²) in [7, 11) is -4.08. The number of rotatable bonds is 18. The Hall–Kier alpha value is -4.27. The van der Waals surface area contributed by atoms with Crippen molar-refractivity contribution in [3.8, 4) is 11.5 Å². The van der Waals surface area contributed by atoms with Crippen LogP contribution in [0.2, 0.25) is 0 Å². The highest BCUT2D eigenvalue weighted by Crippen LogP contribution is 2.44. The summed E-state index contributed by atoms with van der Waals surface area (Å²) in [5, 5.41) is 25.2. The summed E-state index contributed by atoms with van der Waals surface area (Å²) in [5.74, 6) is -2.91. The third-order valence-corrected chi connectivity index (χ3v) is 11.5. The number of amides is 2. The maximum atomic E-state index is 14.3. The molecule has 2 atom stereocenters. The number of ether oxygens (including phenoxy) is 1. The standard InChI is InChI=1S/C38H50N4O8S2/c1-5-8-20-38(21-9-6-2)25-42(26-16-11-10-12-17-26)29-22-32(51-4)31(23-33(29)52(48,49)41-38)50-24-34(44)40-35(27-18-13-14-19-30(27)43)36(45)39-28(15-7-3)37(46)47/h10-14,16-19,22-23,28,35,41,43H,5-9,15,20-21,24-25H2,1-4H3,(H,39,45)(H,40,44)(H,46,47)/t28-,35+/m0/s1. The molecule has 12 nitrogen and oxygen atoms in total. The summed E-state index contributed by atoms with van der Waals surface area (Å²) < 4.78 is 37.7. The van der Waals surface area contributed by atoms with Crippen molar-refractivity contribution in [2.75, 3.05) is 24.3 Å². The molecule has 2 amide bonds. The quantitative estimate of drug-likeness (QED) is 0.0932. The highest BCUT2D eigenvalue weighted by atomic mass is 32.2. The van der Waals surface area contributed by atoms with Gasteiger partial charge in [0, 0.05) is 23.9 Å². The molecule has 282 valence electrons. The molecule has 0 saturated heterocycles. The Labute approximate surface area is 310 Å². The molecule has 4 rings (SSSR count). The van der Waals surface area contributed by atoms with E-state index in [1.54, 1.807) is 25.1 Å². The Balaban J connectivity index is 1.69. The van der Waals surface area contributed by atoms with Crippen molar-refractivity contribution in [1.29, 1.82) is 0 Å². The van der Waals surface area contributed by atoms with Gasteiger partial charge in [-0.1, -0.05) is 89.3 Å². The maximum Gasteiger partial charge on any atom is 0.326 e. The number of nitrogens with zero attached hydrogens (tertiary/aromatic N) is 1. The molecule has 52 heavy (non-hydrogen) atoms. The molecule has 0 bridgehead atoms. The van der Waals surface area contributed by atoms with E-state index in [1.165, 1.54) is 30.0 Å². The number of unbranched alkanes of at least 4 members (excludes halogenated alkanes) is 2. The first-order valence-electron chi connectivity index (χ1n) is 17.7. The normalized spacial score (nSPS) is 15.8. The Kier molecular flexibility index (Phi) is 14.4. The summed E-state index contributed by atoms with van der Waals surface area (Å²) in [6.07, 6.45) is 7.33. The van der Waals surface area contributed by atoms with Crippen LogP contribution >= 0.6 is 11.8 Å². The number of aromatic hydroxyl groups is 1. The van der Waals surface area contributed by atoms with Gasteiger partial charge in [-0.05, 0) is 49.8 Å². The van der Waals surface area contributed by atoms with Crippen LogP contribution in [0.5, 0.6) is 11.5 Å². The molecule has 1 heterocycles. The first kappa shape index (κ1) is 40.5. The summed E-state index contributed by atoms with van der Waals surface area (Å²) in [4.78, 5) is 41.2. The van der Waals surface area contributed by atoms with E-state index < -0.39 is 52.0 Å². The largest absolute Gasteiger partial charge is 0.508 e. The molecule has 14 heteroatoms. The number of carboxylic acid groups (broad SMARTS) is 1. The van der Waals surface area contributed by atoms with Gasteiger partial charge < -0.3 is 30.5 Å². The Morgan fingerprint density at radius 1 is 0.962 bits per heavy atom. The van der Waals surface area contributed by atoms with Crippen molar-refractivity contribution in [2.45, 2.75) is 99.6 Å². The van der Waals surface area contributed by atoms with Gasteiger partial charge in [0.25, 0.3) is 5.91 Å². The van der Waals surface area contributed by atoms with Crippen molar-refractivity contribution in [3.63, 3.8) is 0 Å². The Bertz CT molecular complexity index is 1800. The van der Waals surface area contributed by atoms with Gasteiger partial charge in [-0.25, -0.2) is 17.9 Å². The van der Waals surface area contributed by atoms with E-state index in [0.29, 0.717) is 36.4 Å². The van der Waals surface area contributed by atoms with Gasteiger partial charge in [-0.3, -0.25) is 9.59 Å². The number of hydrogen-bond donors (Lipinski definition) is 5. The monoisotopic (exact) mass is 754 g/mol. The van der Waals surface area contributed by atoms with Gasteiger partial charge in [-0.15, -0.1) is 11.8 Å². The lowest BCUT2D eigenvalue weighted by Gasteiger charge is -2.37. The van der Waals surface area contributed by atoms with Crippen LogP contribution in [0.25, 0.3) is 0 Å². The number of sulfonamides is 1. The number of carboxylic acids is 1. The van der Waals surface area contributed by atoms with Crippen LogP contribution in [0.15, 0.2) is 76.5 Å². The maximum absolute atomic E-state index is 14.3. The van der Waals surface area contributed by atoms with Crippen molar-refractivity contribution in [1.82, 2.24) is 15.4 Å². The predicted molar refractivity (Wildman–Crippen MR) is 203 cm³/mol. The molecular weight excluding hydrogens is 705 g/mol. The topological polar surface area (TPSA) is 174 Å². The molecule has 0 aromatic heterocycles. The number of thioether (sulfide) groups is 1. The summed E-state index contributed by atoms with van der Waals surface area (Å²) >= 11 is 1.33.